The molecule has 1 atom stereocenters. The van der Waals surface area contributed by atoms with Crippen molar-refractivity contribution in [3.8, 4) is 0 Å². The molecule has 0 aliphatic carbocycles. The van der Waals surface area contributed by atoms with E-state index >= 15 is 0 Å². The number of carbonyl (C=O) groups excluding carboxylic acids is 1. The van der Waals surface area contributed by atoms with Gasteiger partial charge in [-0.05, 0) is 28.9 Å². The minimum absolute atomic E-state index is 0. The second-order valence-corrected chi connectivity index (χ2v) is 5.03. The van der Waals surface area contributed by atoms with Crippen molar-refractivity contribution in [2.24, 2.45) is 0 Å². The average molecular weight is 348 g/mol. The standard InChI is InChI=1S/C10H11BrN6O.ClH/c11-6-3-13-10-15-8(16-17(10)5-6)9(18)14-7-1-2-12-4-7;/h3,5,7,12H,1-2,4H2,(H,14,18);1H. The first-order chi connectivity index (χ1) is 8.72. The zero-order chi connectivity index (χ0) is 12.5. The monoisotopic (exact) mass is 346 g/mol. The van der Waals surface area contributed by atoms with Gasteiger partial charge in [-0.2, -0.15) is 4.98 Å². The van der Waals surface area contributed by atoms with Crippen LogP contribution in [0.5, 0.6) is 0 Å². The van der Waals surface area contributed by atoms with Gasteiger partial charge in [-0.3, -0.25) is 4.79 Å². The van der Waals surface area contributed by atoms with E-state index in [9.17, 15) is 4.79 Å². The van der Waals surface area contributed by atoms with E-state index in [0.29, 0.717) is 5.78 Å². The van der Waals surface area contributed by atoms with Gasteiger partial charge in [0.15, 0.2) is 0 Å². The van der Waals surface area contributed by atoms with Gasteiger partial charge >= 0.3 is 0 Å². The summed E-state index contributed by atoms with van der Waals surface area (Å²) in [5.41, 5.74) is 0. The van der Waals surface area contributed by atoms with Crippen LogP contribution in [0, 0.1) is 0 Å². The Labute approximate surface area is 123 Å². The van der Waals surface area contributed by atoms with Crippen molar-refractivity contribution >= 4 is 40.0 Å². The number of aromatic nitrogens is 4. The molecular formula is C10H12BrClN6O. The van der Waals surface area contributed by atoms with Crippen molar-refractivity contribution in [2.45, 2.75) is 12.5 Å². The molecule has 19 heavy (non-hydrogen) atoms. The lowest BCUT2D eigenvalue weighted by atomic mass is 10.2. The molecule has 1 saturated heterocycles. The number of fused-ring (bicyclic) bond motifs is 1. The quantitative estimate of drug-likeness (QED) is 0.821. The maximum atomic E-state index is 11.9. The van der Waals surface area contributed by atoms with Crippen molar-refractivity contribution in [1.82, 2.24) is 30.2 Å². The van der Waals surface area contributed by atoms with Gasteiger partial charge in [-0.15, -0.1) is 17.5 Å². The highest BCUT2D eigenvalue weighted by Gasteiger charge is 2.20. The Kier molecular flexibility index (Phi) is 4.33. The van der Waals surface area contributed by atoms with Crippen LogP contribution < -0.4 is 10.6 Å². The van der Waals surface area contributed by atoms with Gasteiger partial charge in [0.05, 0.1) is 4.47 Å². The Bertz CT molecular complexity index is 597. The second kappa shape index (κ2) is 5.81. The summed E-state index contributed by atoms with van der Waals surface area (Å²) in [6, 6.07) is 0.156. The molecule has 1 amide bonds. The molecule has 3 heterocycles. The van der Waals surface area contributed by atoms with Crippen LogP contribution in [0.2, 0.25) is 0 Å². The lowest BCUT2D eigenvalue weighted by Crippen LogP contribution is -2.36. The van der Waals surface area contributed by atoms with Crippen molar-refractivity contribution < 1.29 is 4.79 Å². The van der Waals surface area contributed by atoms with Crippen LogP contribution in [0.25, 0.3) is 5.78 Å². The molecule has 9 heteroatoms. The molecule has 2 aromatic rings. The van der Waals surface area contributed by atoms with E-state index in [1.54, 1.807) is 12.4 Å². The number of halogens is 2. The second-order valence-electron chi connectivity index (χ2n) is 4.12. The number of carbonyl (C=O) groups is 1. The van der Waals surface area contributed by atoms with Crippen molar-refractivity contribution in [1.29, 1.82) is 0 Å². The molecule has 7 nitrogen and oxygen atoms in total. The molecule has 1 unspecified atom stereocenters. The Morgan fingerprint density at radius 1 is 1.58 bits per heavy atom. The van der Waals surface area contributed by atoms with Crippen LogP contribution in [0.3, 0.4) is 0 Å². The number of nitrogens with zero attached hydrogens (tertiary/aromatic N) is 4. The highest BCUT2D eigenvalue weighted by atomic mass is 79.9. The van der Waals surface area contributed by atoms with Gasteiger partial charge in [0.2, 0.25) is 5.82 Å². The topological polar surface area (TPSA) is 84.2 Å². The molecule has 1 fully saturated rings. The zero-order valence-electron chi connectivity index (χ0n) is 9.84. The first kappa shape index (κ1) is 14.2. The summed E-state index contributed by atoms with van der Waals surface area (Å²) in [6.07, 6.45) is 4.26. The molecule has 2 N–H and O–H groups in total. The smallest absolute Gasteiger partial charge is 0.291 e. The summed E-state index contributed by atoms with van der Waals surface area (Å²) in [5.74, 6) is 0.297. The van der Waals surface area contributed by atoms with E-state index in [2.05, 4.69) is 41.6 Å². The van der Waals surface area contributed by atoms with Gasteiger partial charge in [0, 0.05) is 25.0 Å². The summed E-state index contributed by atoms with van der Waals surface area (Å²) in [7, 11) is 0. The molecule has 1 aliphatic heterocycles. The molecule has 0 aromatic carbocycles. The first-order valence-corrected chi connectivity index (χ1v) is 6.41. The number of hydrogen-bond acceptors (Lipinski definition) is 5. The average Bonchev–Trinajstić information content (AvgIpc) is 2.96. The van der Waals surface area contributed by atoms with E-state index < -0.39 is 0 Å². The maximum absolute atomic E-state index is 11.9. The van der Waals surface area contributed by atoms with Crippen LogP contribution >= 0.6 is 28.3 Å². The Morgan fingerprint density at radius 3 is 3.16 bits per heavy atom. The fourth-order valence-corrected chi connectivity index (χ4v) is 2.18. The number of rotatable bonds is 2. The van der Waals surface area contributed by atoms with E-state index in [4.69, 9.17) is 0 Å². The summed E-state index contributed by atoms with van der Waals surface area (Å²) in [4.78, 5) is 20.1. The Hall–Kier alpha value is -1.25. The summed E-state index contributed by atoms with van der Waals surface area (Å²) in [6.45, 7) is 1.72. The molecule has 0 saturated carbocycles. The summed E-state index contributed by atoms with van der Waals surface area (Å²) in [5, 5.41) is 10.2. The molecular weight excluding hydrogens is 336 g/mol. The predicted molar refractivity (Wildman–Crippen MR) is 74.5 cm³/mol. The highest BCUT2D eigenvalue weighted by Crippen LogP contribution is 2.08. The normalized spacial score (nSPS) is 18.3. The summed E-state index contributed by atoms with van der Waals surface area (Å²) < 4.78 is 2.26. The minimum Gasteiger partial charge on any atom is -0.345 e. The van der Waals surface area contributed by atoms with Crippen molar-refractivity contribution in [3.63, 3.8) is 0 Å². The Morgan fingerprint density at radius 2 is 2.42 bits per heavy atom. The fourth-order valence-electron chi connectivity index (χ4n) is 1.88. The van der Waals surface area contributed by atoms with Crippen LogP contribution in [0.1, 0.15) is 17.0 Å². The highest BCUT2D eigenvalue weighted by molar-refractivity contribution is 9.10. The third-order valence-corrected chi connectivity index (χ3v) is 3.17. The SMILES string of the molecule is Cl.O=C(NC1CCNC1)c1nc2ncc(Br)cn2n1. The lowest BCUT2D eigenvalue weighted by molar-refractivity contribution is 0.0930. The van der Waals surface area contributed by atoms with Crippen molar-refractivity contribution in [2.75, 3.05) is 13.1 Å². The van der Waals surface area contributed by atoms with Gasteiger partial charge in [-0.1, -0.05) is 0 Å². The van der Waals surface area contributed by atoms with Gasteiger partial charge in [0.25, 0.3) is 11.7 Å². The van der Waals surface area contributed by atoms with Crippen LogP contribution in [0.15, 0.2) is 16.9 Å². The number of hydrogen-bond donors (Lipinski definition) is 2. The van der Waals surface area contributed by atoms with Gasteiger partial charge < -0.3 is 10.6 Å². The molecule has 0 radical (unpaired) electrons. The predicted octanol–water partition coefficient (Wildman–Crippen LogP) is 0.400. The lowest BCUT2D eigenvalue weighted by Gasteiger charge is -2.08. The van der Waals surface area contributed by atoms with E-state index in [-0.39, 0.29) is 30.2 Å². The number of amides is 1. The van der Waals surface area contributed by atoms with Crippen LogP contribution in [0.4, 0.5) is 0 Å². The van der Waals surface area contributed by atoms with E-state index in [1.807, 2.05) is 0 Å². The molecule has 2 aromatic heterocycles. The van der Waals surface area contributed by atoms with Crippen molar-refractivity contribution in [3.05, 3.63) is 22.7 Å². The first-order valence-electron chi connectivity index (χ1n) is 5.62. The van der Waals surface area contributed by atoms with Gasteiger partial charge in [0.1, 0.15) is 0 Å². The third-order valence-electron chi connectivity index (χ3n) is 2.76. The van der Waals surface area contributed by atoms with E-state index in [1.165, 1.54) is 4.52 Å². The van der Waals surface area contributed by atoms with Gasteiger partial charge in [-0.25, -0.2) is 9.50 Å². The molecule has 3 rings (SSSR count). The molecule has 0 spiro atoms. The minimum atomic E-state index is -0.259. The maximum Gasteiger partial charge on any atom is 0.291 e. The molecule has 0 bridgehead atoms. The summed E-state index contributed by atoms with van der Waals surface area (Å²) >= 11 is 3.29. The Balaban J connectivity index is 0.00000133. The third kappa shape index (κ3) is 3.02. The van der Waals surface area contributed by atoms with Crippen LogP contribution in [-0.4, -0.2) is 44.6 Å². The van der Waals surface area contributed by atoms with E-state index in [0.717, 1.165) is 24.0 Å². The fraction of sp³-hybridized carbons (Fsp3) is 0.400. The largest absolute Gasteiger partial charge is 0.345 e. The number of nitrogens with one attached hydrogen (secondary N) is 2. The molecule has 1 aliphatic rings. The molecule has 102 valence electrons. The van der Waals surface area contributed by atoms with Crippen LogP contribution in [-0.2, 0) is 0 Å². The zero-order valence-corrected chi connectivity index (χ0v) is 12.2.